The Kier molecular flexibility index (Phi) is 6.80. The summed E-state index contributed by atoms with van der Waals surface area (Å²) in [5, 5.41) is 11.5. The summed E-state index contributed by atoms with van der Waals surface area (Å²) in [5.41, 5.74) is 0.566. The number of carbonyl (C=O) groups excluding carboxylic acids is 4. The first kappa shape index (κ1) is 28.3. The van der Waals surface area contributed by atoms with Gasteiger partial charge in [0.25, 0.3) is 0 Å². The number of rotatable bonds is 4. The normalized spacial score (nSPS) is 32.4. The van der Waals surface area contributed by atoms with Crippen molar-refractivity contribution in [2.45, 2.75) is 63.8 Å². The van der Waals surface area contributed by atoms with Crippen LogP contribution in [0.2, 0.25) is 0 Å². The van der Waals surface area contributed by atoms with Gasteiger partial charge < -0.3 is 9.84 Å². The van der Waals surface area contributed by atoms with Crippen LogP contribution in [-0.2, 0) is 19.2 Å². The lowest BCUT2D eigenvalue weighted by molar-refractivity contribution is -0.144. The molecular formula is C34H35BrN2O6. The van der Waals surface area contributed by atoms with Gasteiger partial charge in [-0.25, -0.2) is 4.90 Å². The minimum atomic E-state index is -1.24. The zero-order chi connectivity index (χ0) is 30.2. The van der Waals surface area contributed by atoms with E-state index in [1.807, 2.05) is 19.1 Å². The second kappa shape index (κ2) is 10.3. The van der Waals surface area contributed by atoms with Gasteiger partial charge in [0.1, 0.15) is 0 Å². The highest BCUT2D eigenvalue weighted by atomic mass is 79.9. The fraction of sp³-hybridized carbons (Fsp3) is 0.471. The molecule has 5 aliphatic rings. The van der Waals surface area contributed by atoms with E-state index < -0.39 is 35.0 Å². The average Bonchev–Trinajstić information content (AvgIpc) is 3.38. The zero-order valence-electron chi connectivity index (χ0n) is 24.3. The third kappa shape index (κ3) is 3.99. The van der Waals surface area contributed by atoms with Gasteiger partial charge in [-0.1, -0.05) is 65.0 Å². The summed E-state index contributed by atoms with van der Waals surface area (Å²) in [4.78, 5) is 59.6. The van der Waals surface area contributed by atoms with Crippen molar-refractivity contribution in [2.75, 3.05) is 12.0 Å². The number of fused-ring (bicyclic) bond motifs is 4. The summed E-state index contributed by atoms with van der Waals surface area (Å²) in [6, 6.07) is 12.3. The number of nitrogens with zero attached hydrogens (tertiary/aromatic N) is 2. The third-order valence-corrected chi connectivity index (χ3v) is 11.3. The van der Waals surface area contributed by atoms with Crippen LogP contribution in [-0.4, -0.2) is 46.8 Å². The molecule has 0 bridgehead atoms. The van der Waals surface area contributed by atoms with Crippen molar-refractivity contribution in [2.24, 2.45) is 29.1 Å². The molecule has 2 saturated carbocycles. The molecular weight excluding hydrogens is 612 g/mol. The average molecular weight is 648 g/mol. The number of amides is 4. The van der Waals surface area contributed by atoms with Crippen molar-refractivity contribution < 1.29 is 29.0 Å². The Labute approximate surface area is 259 Å². The minimum absolute atomic E-state index is 0.0749. The van der Waals surface area contributed by atoms with Gasteiger partial charge in [-0.2, -0.15) is 0 Å². The molecule has 4 amide bonds. The first-order valence-electron chi connectivity index (χ1n) is 15.2. The molecule has 2 saturated heterocycles. The maximum Gasteiger partial charge on any atom is 0.241 e. The summed E-state index contributed by atoms with van der Waals surface area (Å²) >= 11 is 3.54. The van der Waals surface area contributed by atoms with Gasteiger partial charge in [0.15, 0.2) is 11.5 Å². The Morgan fingerprint density at radius 1 is 0.953 bits per heavy atom. The summed E-state index contributed by atoms with van der Waals surface area (Å²) in [6.45, 7) is 1.82. The van der Waals surface area contributed by atoms with Crippen LogP contribution in [0, 0.1) is 29.1 Å². The molecule has 8 nitrogen and oxygen atoms in total. The van der Waals surface area contributed by atoms with Gasteiger partial charge >= 0.3 is 0 Å². The smallest absolute Gasteiger partial charge is 0.241 e. The summed E-state index contributed by atoms with van der Waals surface area (Å²) in [7, 11) is 1.47. The Bertz CT molecular complexity index is 1570. The molecule has 0 radical (unpaired) electrons. The number of methoxy groups -OCH3 is 1. The topological polar surface area (TPSA) is 104 Å². The highest BCUT2D eigenvalue weighted by Crippen LogP contribution is 2.65. The molecule has 9 heteroatoms. The quantitative estimate of drug-likeness (QED) is 0.336. The van der Waals surface area contributed by atoms with Gasteiger partial charge in [0.2, 0.25) is 23.6 Å². The van der Waals surface area contributed by atoms with Crippen molar-refractivity contribution >= 4 is 45.2 Å². The molecule has 1 N–H and O–H groups in total. The molecule has 2 aromatic carbocycles. The molecule has 0 spiro atoms. The summed E-state index contributed by atoms with van der Waals surface area (Å²) in [5.74, 6) is -3.69. The number of aromatic hydroxyl groups is 1. The van der Waals surface area contributed by atoms with Crippen molar-refractivity contribution in [3.05, 3.63) is 64.1 Å². The largest absolute Gasteiger partial charge is 0.504 e. The number of imide groups is 2. The second-order valence-corrected chi connectivity index (χ2v) is 13.8. The van der Waals surface area contributed by atoms with Crippen molar-refractivity contribution in [3.63, 3.8) is 0 Å². The number of carbonyl (C=O) groups is 4. The van der Waals surface area contributed by atoms with Crippen LogP contribution < -0.4 is 9.64 Å². The van der Waals surface area contributed by atoms with Crippen LogP contribution in [0.1, 0.15) is 63.4 Å². The predicted octanol–water partition coefficient (Wildman–Crippen LogP) is 5.73. The Morgan fingerprint density at radius 3 is 2.37 bits per heavy atom. The fourth-order valence-corrected chi connectivity index (χ4v) is 9.33. The number of allylic oxidation sites excluding steroid dienone is 2. The van der Waals surface area contributed by atoms with Crippen LogP contribution in [0.3, 0.4) is 0 Å². The van der Waals surface area contributed by atoms with Crippen LogP contribution in [0.25, 0.3) is 0 Å². The van der Waals surface area contributed by atoms with Crippen LogP contribution in [0.4, 0.5) is 5.69 Å². The van der Waals surface area contributed by atoms with E-state index in [2.05, 4.69) is 15.9 Å². The number of likely N-dealkylation sites (tertiary alicyclic amines) is 1. The number of ether oxygens (including phenoxy) is 1. The predicted molar refractivity (Wildman–Crippen MR) is 162 cm³/mol. The monoisotopic (exact) mass is 646 g/mol. The number of benzene rings is 2. The molecule has 7 rings (SSSR count). The molecule has 2 heterocycles. The van der Waals surface area contributed by atoms with Gasteiger partial charge in [-0.05, 0) is 62.8 Å². The van der Waals surface area contributed by atoms with Gasteiger partial charge in [-0.3, -0.25) is 24.1 Å². The van der Waals surface area contributed by atoms with E-state index in [-0.39, 0.29) is 47.6 Å². The number of phenols is 1. The zero-order valence-corrected chi connectivity index (χ0v) is 25.9. The standard InChI is InChI=1S/C34H35BrN2O6/c1-34-25(31(40)37(33(34)42)20-11-7-4-8-12-20)17-23-21(28(34)24-15-18(35)16-26(43-2)29(24)38)13-14-22-27(23)32(41)36(30(22)39)19-9-5-3-6-10-19/h4,7-8,11-13,15-16,19,22-23,25,27-28,38H,3,5-6,9-10,14,17H2,1-2H3. The fourth-order valence-electron chi connectivity index (χ4n) is 8.88. The summed E-state index contributed by atoms with van der Waals surface area (Å²) in [6.07, 6.45) is 7.47. The number of halogens is 1. The van der Waals surface area contributed by atoms with Gasteiger partial charge in [-0.15, -0.1) is 0 Å². The number of phenolic OH excluding ortho intramolecular Hbond substituents is 1. The van der Waals surface area contributed by atoms with Crippen molar-refractivity contribution in [3.8, 4) is 11.5 Å². The van der Waals surface area contributed by atoms with E-state index in [0.717, 1.165) is 37.7 Å². The van der Waals surface area contributed by atoms with E-state index in [1.165, 1.54) is 12.0 Å². The number of anilines is 1. The number of hydrogen-bond donors (Lipinski definition) is 1. The van der Waals surface area contributed by atoms with Crippen LogP contribution >= 0.6 is 15.9 Å². The van der Waals surface area contributed by atoms with E-state index >= 15 is 0 Å². The first-order chi connectivity index (χ1) is 20.7. The van der Waals surface area contributed by atoms with Crippen LogP contribution in [0.15, 0.2) is 58.6 Å². The van der Waals surface area contributed by atoms with Crippen LogP contribution in [0.5, 0.6) is 11.5 Å². The lowest BCUT2D eigenvalue weighted by Gasteiger charge is -2.49. The van der Waals surface area contributed by atoms with Gasteiger partial charge in [0.05, 0.1) is 36.0 Å². The number of para-hydroxylation sites is 1. The molecule has 2 aliphatic heterocycles. The maximum absolute atomic E-state index is 14.5. The van der Waals surface area contributed by atoms with E-state index in [1.54, 1.807) is 41.3 Å². The van der Waals surface area contributed by atoms with E-state index in [0.29, 0.717) is 22.1 Å². The third-order valence-electron chi connectivity index (χ3n) is 10.9. The highest BCUT2D eigenvalue weighted by molar-refractivity contribution is 9.10. The molecule has 2 aromatic rings. The number of hydrogen-bond acceptors (Lipinski definition) is 6. The summed E-state index contributed by atoms with van der Waals surface area (Å²) < 4.78 is 6.14. The Hall–Kier alpha value is -3.46. The van der Waals surface area contributed by atoms with Crippen molar-refractivity contribution in [1.29, 1.82) is 0 Å². The molecule has 3 aliphatic carbocycles. The van der Waals surface area contributed by atoms with Gasteiger partial charge in [0, 0.05) is 22.0 Å². The molecule has 224 valence electrons. The molecule has 4 fully saturated rings. The second-order valence-electron chi connectivity index (χ2n) is 12.9. The van der Waals surface area contributed by atoms with E-state index in [4.69, 9.17) is 4.74 Å². The SMILES string of the molecule is COc1cc(Br)cc(C2C3=CCC4C(=O)N(C5CCCCC5)C(=O)C4C3CC3C(=O)N(c4ccccc4)C(=O)C32C)c1O. The Balaban J connectivity index is 1.39. The molecule has 6 atom stereocenters. The molecule has 6 unspecified atom stereocenters. The minimum Gasteiger partial charge on any atom is -0.504 e. The molecule has 43 heavy (non-hydrogen) atoms. The Morgan fingerprint density at radius 2 is 1.67 bits per heavy atom. The van der Waals surface area contributed by atoms with Crippen molar-refractivity contribution in [1.82, 2.24) is 4.90 Å². The maximum atomic E-state index is 14.5. The first-order valence-corrected chi connectivity index (χ1v) is 16.0. The lowest BCUT2D eigenvalue weighted by atomic mass is 9.51. The van der Waals surface area contributed by atoms with E-state index in [9.17, 15) is 24.3 Å². The lowest BCUT2D eigenvalue weighted by Crippen LogP contribution is -2.49. The highest BCUT2D eigenvalue weighted by Gasteiger charge is 2.68. The molecule has 0 aromatic heterocycles.